The van der Waals surface area contributed by atoms with Gasteiger partial charge in [0.05, 0.1) is 23.7 Å². The summed E-state index contributed by atoms with van der Waals surface area (Å²) in [5.74, 6) is -0.281. The van der Waals surface area contributed by atoms with Crippen molar-refractivity contribution < 1.29 is 22.3 Å². The van der Waals surface area contributed by atoms with Crippen LogP contribution in [0, 0.1) is 5.82 Å². The Labute approximate surface area is 159 Å². The minimum atomic E-state index is -3.62. The maximum absolute atomic E-state index is 13.1. The first-order valence-corrected chi connectivity index (χ1v) is 10.3. The van der Waals surface area contributed by atoms with Crippen LogP contribution < -0.4 is 14.4 Å². The zero-order valence-corrected chi connectivity index (χ0v) is 16.3. The summed E-state index contributed by atoms with van der Waals surface area (Å²) in [6, 6.07) is 12.1. The van der Waals surface area contributed by atoms with Gasteiger partial charge < -0.3 is 10.1 Å². The molecular weight excluding hydrogens is 371 g/mol. The molecule has 2 aromatic rings. The Morgan fingerprint density at radius 1 is 1.15 bits per heavy atom. The van der Waals surface area contributed by atoms with E-state index in [1.54, 1.807) is 24.3 Å². The van der Waals surface area contributed by atoms with E-state index < -0.39 is 15.8 Å². The third-order valence-corrected chi connectivity index (χ3v) is 4.77. The Morgan fingerprint density at radius 2 is 1.78 bits per heavy atom. The number of carbonyl (C=O) groups is 1. The molecule has 27 heavy (non-hydrogen) atoms. The van der Waals surface area contributed by atoms with Gasteiger partial charge in [-0.2, -0.15) is 0 Å². The number of para-hydroxylation sites is 2. The van der Waals surface area contributed by atoms with Gasteiger partial charge in [0, 0.05) is 13.0 Å². The fraction of sp³-hybridized carbons (Fsp3) is 0.316. The van der Waals surface area contributed by atoms with Crippen molar-refractivity contribution in [1.29, 1.82) is 0 Å². The lowest BCUT2D eigenvalue weighted by molar-refractivity contribution is -0.116. The summed E-state index contributed by atoms with van der Waals surface area (Å²) >= 11 is 0. The first-order chi connectivity index (χ1) is 12.7. The molecule has 0 aromatic heterocycles. The molecule has 1 N–H and O–H groups in total. The Hall–Kier alpha value is -2.61. The van der Waals surface area contributed by atoms with Crippen molar-refractivity contribution in [2.75, 3.05) is 22.4 Å². The van der Waals surface area contributed by atoms with Crippen molar-refractivity contribution in [2.24, 2.45) is 0 Å². The van der Waals surface area contributed by atoms with Crippen LogP contribution in [0.15, 0.2) is 48.5 Å². The highest BCUT2D eigenvalue weighted by Gasteiger charge is 2.19. The number of nitrogens with one attached hydrogen (secondary N) is 1. The smallest absolute Gasteiger partial charge is 0.232 e. The average molecular weight is 394 g/mol. The first-order valence-electron chi connectivity index (χ1n) is 8.45. The number of hydrogen-bond acceptors (Lipinski definition) is 4. The second-order valence-corrected chi connectivity index (χ2v) is 8.18. The summed E-state index contributed by atoms with van der Waals surface area (Å²) < 4.78 is 43.9. The molecule has 0 aliphatic carbocycles. The second-order valence-electron chi connectivity index (χ2n) is 6.27. The number of ether oxygens (including phenoxy) is 1. The van der Waals surface area contributed by atoms with E-state index in [1.807, 2.05) is 13.8 Å². The van der Waals surface area contributed by atoms with E-state index in [2.05, 4.69) is 5.32 Å². The van der Waals surface area contributed by atoms with Gasteiger partial charge in [-0.05, 0) is 50.2 Å². The quantitative estimate of drug-likeness (QED) is 0.745. The zero-order valence-electron chi connectivity index (χ0n) is 15.5. The predicted molar refractivity (Wildman–Crippen MR) is 104 cm³/mol. The van der Waals surface area contributed by atoms with Gasteiger partial charge in [-0.15, -0.1) is 0 Å². The van der Waals surface area contributed by atoms with E-state index in [0.717, 1.165) is 10.6 Å². The lowest BCUT2D eigenvalue weighted by Crippen LogP contribution is -2.33. The summed E-state index contributed by atoms with van der Waals surface area (Å²) in [7, 11) is -3.62. The maximum Gasteiger partial charge on any atom is 0.232 e. The summed E-state index contributed by atoms with van der Waals surface area (Å²) in [5.41, 5.74) is 0.819. The third kappa shape index (κ3) is 6.25. The number of nitrogens with zero attached hydrogens (tertiary/aromatic N) is 1. The van der Waals surface area contributed by atoms with E-state index in [-0.39, 0.29) is 25.0 Å². The van der Waals surface area contributed by atoms with Gasteiger partial charge in [-0.25, -0.2) is 12.8 Å². The Bertz CT molecular complexity index is 883. The molecule has 0 fully saturated rings. The molecule has 0 saturated carbocycles. The molecular formula is C19H23FN2O4S. The number of benzene rings is 2. The van der Waals surface area contributed by atoms with E-state index in [9.17, 15) is 17.6 Å². The molecule has 0 radical (unpaired) electrons. The molecule has 2 aromatic carbocycles. The SMILES string of the molecule is CC(C)Oc1ccccc1NC(=O)CCN(c1ccc(F)cc1)S(C)(=O)=O. The van der Waals surface area contributed by atoms with E-state index in [0.29, 0.717) is 17.1 Å². The van der Waals surface area contributed by atoms with Gasteiger partial charge in [0.15, 0.2) is 0 Å². The van der Waals surface area contributed by atoms with Crippen LogP contribution >= 0.6 is 0 Å². The number of carbonyl (C=O) groups excluding carboxylic acids is 1. The van der Waals surface area contributed by atoms with Crippen LogP contribution in [0.25, 0.3) is 0 Å². The van der Waals surface area contributed by atoms with Gasteiger partial charge in [-0.3, -0.25) is 9.10 Å². The standard InChI is InChI=1S/C19H23FN2O4S/c1-14(2)26-18-7-5-4-6-17(18)21-19(23)12-13-22(27(3,24)25)16-10-8-15(20)9-11-16/h4-11,14H,12-13H2,1-3H3,(H,21,23). The number of rotatable bonds is 8. The Kier molecular flexibility index (Phi) is 6.79. The highest BCUT2D eigenvalue weighted by atomic mass is 32.2. The van der Waals surface area contributed by atoms with Crippen molar-refractivity contribution in [1.82, 2.24) is 0 Å². The normalized spacial score (nSPS) is 11.3. The minimum Gasteiger partial charge on any atom is -0.489 e. The highest BCUT2D eigenvalue weighted by molar-refractivity contribution is 7.92. The summed E-state index contributed by atoms with van der Waals surface area (Å²) in [6.45, 7) is 3.69. The van der Waals surface area contributed by atoms with Gasteiger partial charge in [0.25, 0.3) is 0 Å². The molecule has 0 aliphatic heterocycles. The molecule has 0 bridgehead atoms. The van der Waals surface area contributed by atoms with Crippen LogP contribution in [0.2, 0.25) is 0 Å². The maximum atomic E-state index is 13.1. The van der Waals surface area contributed by atoms with Gasteiger partial charge in [0.1, 0.15) is 11.6 Å². The lowest BCUT2D eigenvalue weighted by atomic mass is 10.2. The fourth-order valence-electron chi connectivity index (χ4n) is 2.44. The van der Waals surface area contributed by atoms with Crippen LogP contribution in [-0.4, -0.2) is 33.2 Å². The molecule has 0 heterocycles. The number of anilines is 2. The van der Waals surface area contributed by atoms with Crippen molar-refractivity contribution in [3.8, 4) is 5.75 Å². The van der Waals surface area contributed by atoms with Gasteiger partial charge >= 0.3 is 0 Å². The topological polar surface area (TPSA) is 75.7 Å². The van der Waals surface area contributed by atoms with Crippen LogP contribution in [0.1, 0.15) is 20.3 Å². The Balaban J connectivity index is 2.08. The molecule has 0 aliphatic rings. The zero-order chi connectivity index (χ0) is 20.0. The lowest BCUT2D eigenvalue weighted by Gasteiger charge is -2.22. The van der Waals surface area contributed by atoms with Crippen LogP contribution in [0.4, 0.5) is 15.8 Å². The van der Waals surface area contributed by atoms with Gasteiger partial charge in [-0.1, -0.05) is 12.1 Å². The van der Waals surface area contributed by atoms with Crippen molar-refractivity contribution in [2.45, 2.75) is 26.4 Å². The predicted octanol–water partition coefficient (Wildman–Crippen LogP) is 3.41. The van der Waals surface area contributed by atoms with E-state index >= 15 is 0 Å². The van der Waals surface area contributed by atoms with Crippen LogP contribution in [-0.2, 0) is 14.8 Å². The molecule has 0 spiro atoms. The van der Waals surface area contributed by atoms with Crippen molar-refractivity contribution in [3.05, 3.63) is 54.3 Å². The highest BCUT2D eigenvalue weighted by Crippen LogP contribution is 2.25. The number of hydrogen-bond donors (Lipinski definition) is 1. The second kappa shape index (κ2) is 8.85. The fourth-order valence-corrected chi connectivity index (χ4v) is 3.36. The van der Waals surface area contributed by atoms with Crippen molar-refractivity contribution >= 4 is 27.3 Å². The third-order valence-electron chi connectivity index (χ3n) is 3.58. The monoisotopic (exact) mass is 394 g/mol. The van der Waals surface area contributed by atoms with Crippen molar-refractivity contribution in [3.63, 3.8) is 0 Å². The molecule has 8 heteroatoms. The summed E-state index contributed by atoms with van der Waals surface area (Å²) in [6.07, 6.45) is 0.919. The van der Waals surface area contributed by atoms with E-state index in [4.69, 9.17) is 4.74 Å². The molecule has 0 atom stereocenters. The molecule has 1 amide bonds. The Morgan fingerprint density at radius 3 is 2.37 bits per heavy atom. The molecule has 146 valence electrons. The molecule has 0 unspecified atom stereocenters. The molecule has 2 rings (SSSR count). The van der Waals surface area contributed by atoms with E-state index in [1.165, 1.54) is 24.3 Å². The number of sulfonamides is 1. The van der Waals surface area contributed by atoms with Gasteiger partial charge in [0.2, 0.25) is 15.9 Å². The summed E-state index contributed by atoms with van der Waals surface area (Å²) in [4.78, 5) is 12.3. The summed E-state index contributed by atoms with van der Waals surface area (Å²) in [5, 5.41) is 2.74. The molecule has 6 nitrogen and oxygen atoms in total. The van der Waals surface area contributed by atoms with Crippen LogP contribution in [0.5, 0.6) is 5.75 Å². The minimum absolute atomic E-state index is 0.0535. The number of amides is 1. The largest absolute Gasteiger partial charge is 0.489 e. The van der Waals surface area contributed by atoms with Crippen LogP contribution in [0.3, 0.4) is 0 Å². The number of halogens is 1. The molecule has 0 saturated heterocycles. The average Bonchev–Trinajstić information content (AvgIpc) is 2.57. The first kappa shape index (κ1) is 20.7.